The minimum absolute atomic E-state index is 0.158. The number of esters is 3. The maximum atomic E-state index is 13.2. The van der Waals surface area contributed by atoms with Crippen molar-refractivity contribution in [3.05, 3.63) is 101 Å². The first-order valence-electron chi connectivity index (χ1n) is 19.7. The summed E-state index contributed by atoms with van der Waals surface area (Å²) in [5.41, 5.74) is 5.95. The highest BCUT2D eigenvalue weighted by molar-refractivity contribution is 5.80. The van der Waals surface area contributed by atoms with Gasteiger partial charge in [0.15, 0.2) is 0 Å². The molecule has 0 aliphatic heterocycles. The van der Waals surface area contributed by atoms with E-state index in [9.17, 15) is 19.2 Å². The van der Waals surface area contributed by atoms with E-state index in [4.69, 9.17) is 57.8 Å². The molecule has 0 aliphatic carbocycles. The Morgan fingerprint density at radius 2 is 0.968 bits per heavy atom. The molecule has 4 rings (SSSR count). The van der Waals surface area contributed by atoms with Crippen molar-refractivity contribution in [2.45, 2.75) is 63.9 Å². The molecule has 1 amide bonds. The smallest absolute Gasteiger partial charge is 0.306 e. The highest BCUT2D eigenvalue weighted by atomic mass is 16.7. The molecule has 1 atom stereocenters. The van der Waals surface area contributed by atoms with Crippen LogP contribution in [0.3, 0.4) is 0 Å². The van der Waals surface area contributed by atoms with Gasteiger partial charge in [0.2, 0.25) is 5.91 Å². The van der Waals surface area contributed by atoms with Crippen LogP contribution in [0, 0.1) is 0 Å². The molecule has 334 valence electrons. The molecule has 0 fully saturated rings. The van der Waals surface area contributed by atoms with Crippen LogP contribution in [0.1, 0.15) is 74.5 Å². The van der Waals surface area contributed by atoms with Crippen LogP contribution < -0.4 is 38.9 Å². The number of ether oxygens (including phenoxy) is 11. The average Bonchev–Trinajstić information content (AvgIpc) is 3.27. The van der Waals surface area contributed by atoms with E-state index in [1.165, 1.54) is 56.5 Å². The second-order valence-corrected chi connectivity index (χ2v) is 13.8. The number of primary amides is 1. The quantitative estimate of drug-likeness (QED) is 0.0324. The highest BCUT2D eigenvalue weighted by Gasteiger charge is 2.41. The summed E-state index contributed by atoms with van der Waals surface area (Å²) in [6, 6.07) is 22.7. The Balaban J connectivity index is 1.72. The molecule has 16 nitrogen and oxygen atoms in total. The van der Waals surface area contributed by atoms with E-state index in [-0.39, 0.29) is 19.4 Å². The van der Waals surface area contributed by atoms with Gasteiger partial charge in [-0.05, 0) is 79.9 Å². The first kappa shape index (κ1) is 48.0. The van der Waals surface area contributed by atoms with Crippen molar-refractivity contribution in [2.24, 2.45) is 5.73 Å². The van der Waals surface area contributed by atoms with Crippen molar-refractivity contribution in [3.63, 3.8) is 0 Å². The molecule has 1 unspecified atom stereocenters. The molecule has 0 saturated carbocycles. The number of nitrogens with two attached hydrogens (primary N) is 1. The molecular weight excluding hydrogens is 806 g/mol. The minimum atomic E-state index is -1.54. The zero-order valence-electron chi connectivity index (χ0n) is 36.3. The van der Waals surface area contributed by atoms with Gasteiger partial charge in [-0.1, -0.05) is 0 Å². The van der Waals surface area contributed by atoms with Gasteiger partial charge in [0.05, 0.1) is 62.3 Å². The van der Waals surface area contributed by atoms with E-state index in [2.05, 4.69) is 0 Å². The normalized spacial score (nSPS) is 11.5. The lowest BCUT2D eigenvalue weighted by Crippen LogP contribution is -2.37. The van der Waals surface area contributed by atoms with Gasteiger partial charge in [0.1, 0.15) is 52.0 Å². The van der Waals surface area contributed by atoms with Gasteiger partial charge < -0.3 is 57.8 Å². The van der Waals surface area contributed by atoms with Crippen LogP contribution >= 0.6 is 0 Å². The summed E-state index contributed by atoms with van der Waals surface area (Å²) in [4.78, 5) is 47.9. The van der Waals surface area contributed by atoms with Gasteiger partial charge >= 0.3 is 17.9 Å². The topological polar surface area (TPSA) is 196 Å². The molecular formula is C46H55NO15. The molecule has 0 radical (unpaired) electrons. The molecule has 0 saturated heterocycles. The van der Waals surface area contributed by atoms with Crippen LogP contribution in [-0.2, 0) is 43.7 Å². The summed E-state index contributed by atoms with van der Waals surface area (Å²) in [6.07, 6.45) is -1.04. The molecule has 4 aromatic rings. The summed E-state index contributed by atoms with van der Waals surface area (Å²) < 4.78 is 63.8. The Morgan fingerprint density at radius 3 is 1.34 bits per heavy atom. The molecule has 16 heteroatoms. The van der Waals surface area contributed by atoms with Crippen molar-refractivity contribution in [1.82, 2.24) is 0 Å². The van der Waals surface area contributed by atoms with Gasteiger partial charge in [-0.15, -0.1) is 0 Å². The highest BCUT2D eigenvalue weighted by Crippen LogP contribution is 2.47. The van der Waals surface area contributed by atoms with E-state index in [1.54, 1.807) is 42.5 Å². The van der Waals surface area contributed by atoms with Crippen molar-refractivity contribution >= 4 is 23.8 Å². The number of carbonyl (C=O) groups is 4. The Bertz CT molecular complexity index is 1900. The van der Waals surface area contributed by atoms with Crippen molar-refractivity contribution in [1.29, 1.82) is 0 Å². The van der Waals surface area contributed by atoms with Crippen molar-refractivity contribution < 1.29 is 71.3 Å². The standard InChI is InChI=1S/C46H55NO15/c1-29(48)60-45(61-30(2)49)31-12-14-35(15-13-31)58-18-10-9-11-36(62-44(51)17-16-43(47)50)28-59-46(32-19-37(52-3)25-38(20-32)53-4,33-21-39(54-5)26-40(22-33)55-6)34-23-41(56-7)27-42(24-34)57-8/h12-15,19-27,36,45H,9-11,16-18,28H2,1-8H3,(H2,47,50). The molecule has 0 bridgehead atoms. The Kier molecular flexibility index (Phi) is 18.1. The second-order valence-electron chi connectivity index (χ2n) is 13.8. The summed E-state index contributed by atoms with van der Waals surface area (Å²) in [5.74, 6) is 0.847. The molecule has 2 N–H and O–H groups in total. The molecule has 4 aromatic carbocycles. The molecule has 0 spiro atoms. The first-order chi connectivity index (χ1) is 29.8. The average molecular weight is 862 g/mol. The second kappa shape index (κ2) is 23.4. The lowest BCUT2D eigenvalue weighted by atomic mass is 9.79. The first-order valence-corrected chi connectivity index (χ1v) is 19.7. The summed E-state index contributed by atoms with van der Waals surface area (Å²) in [6.45, 7) is 2.57. The van der Waals surface area contributed by atoms with Crippen LogP contribution in [0.2, 0.25) is 0 Å². The lowest BCUT2D eigenvalue weighted by molar-refractivity contribution is -0.186. The van der Waals surface area contributed by atoms with Crippen LogP contribution in [0.25, 0.3) is 0 Å². The van der Waals surface area contributed by atoms with Crippen LogP contribution in [0.5, 0.6) is 40.2 Å². The fourth-order valence-corrected chi connectivity index (χ4v) is 6.49. The number of methoxy groups -OCH3 is 6. The van der Waals surface area contributed by atoms with Crippen LogP contribution in [0.15, 0.2) is 78.9 Å². The zero-order chi connectivity index (χ0) is 45.2. The van der Waals surface area contributed by atoms with Gasteiger partial charge in [0.25, 0.3) is 6.29 Å². The number of amides is 1. The number of carbonyl (C=O) groups excluding carboxylic acids is 4. The predicted octanol–water partition coefficient (Wildman–Crippen LogP) is 6.60. The van der Waals surface area contributed by atoms with Crippen LogP contribution in [-0.4, -0.2) is 85.8 Å². The molecule has 0 aromatic heterocycles. The minimum Gasteiger partial charge on any atom is -0.497 e. The number of benzene rings is 4. The van der Waals surface area contributed by atoms with Gasteiger partial charge in [-0.25, -0.2) is 0 Å². The van der Waals surface area contributed by atoms with E-state index in [1.807, 2.05) is 36.4 Å². The van der Waals surface area contributed by atoms with Gasteiger partial charge in [-0.2, -0.15) is 0 Å². The Morgan fingerprint density at radius 1 is 0.548 bits per heavy atom. The Labute approximate surface area is 361 Å². The number of unbranched alkanes of at least 4 members (excludes halogenated alkanes) is 1. The molecule has 62 heavy (non-hydrogen) atoms. The summed E-state index contributed by atoms with van der Waals surface area (Å²) in [7, 11) is 9.23. The van der Waals surface area contributed by atoms with E-state index < -0.39 is 41.8 Å². The van der Waals surface area contributed by atoms with Gasteiger partial charge in [0, 0.05) is 60.7 Å². The maximum Gasteiger partial charge on any atom is 0.306 e. The third-order valence-corrected chi connectivity index (χ3v) is 9.52. The molecule has 0 heterocycles. The zero-order valence-corrected chi connectivity index (χ0v) is 36.3. The summed E-state index contributed by atoms with van der Waals surface area (Å²) in [5, 5.41) is 0. The third-order valence-electron chi connectivity index (χ3n) is 9.52. The monoisotopic (exact) mass is 861 g/mol. The number of hydrogen-bond acceptors (Lipinski definition) is 15. The largest absolute Gasteiger partial charge is 0.497 e. The lowest BCUT2D eigenvalue weighted by Gasteiger charge is -2.38. The fraction of sp³-hybridized carbons (Fsp3) is 0.391. The molecule has 0 aliphatic rings. The Hall–Kier alpha value is -6.68. The van der Waals surface area contributed by atoms with E-state index in [0.29, 0.717) is 88.4 Å². The number of hydrogen-bond donors (Lipinski definition) is 1. The van der Waals surface area contributed by atoms with Crippen molar-refractivity contribution in [3.8, 4) is 40.2 Å². The third kappa shape index (κ3) is 13.4. The van der Waals surface area contributed by atoms with Crippen LogP contribution in [0.4, 0.5) is 0 Å². The predicted molar refractivity (Wildman–Crippen MR) is 225 cm³/mol. The van der Waals surface area contributed by atoms with E-state index >= 15 is 0 Å². The SMILES string of the molecule is COc1cc(OC)cc(C(OCC(CCCCOc2ccc(C(OC(C)=O)OC(C)=O)cc2)OC(=O)CCC(N)=O)(c2cc(OC)cc(OC)c2)c2cc(OC)cc(OC)c2)c1. The maximum absolute atomic E-state index is 13.2. The number of rotatable bonds is 25. The van der Waals surface area contributed by atoms with Gasteiger partial charge in [-0.3, -0.25) is 19.2 Å². The van der Waals surface area contributed by atoms with Crippen molar-refractivity contribution in [2.75, 3.05) is 55.9 Å². The van der Waals surface area contributed by atoms with E-state index in [0.717, 1.165) is 0 Å². The summed E-state index contributed by atoms with van der Waals surface area (Å²) >= 11 is 0. The fourth-order valence-electron chi connectivity index (χ4n) is 6.49.